The number of ketones is 1. The fraction of sp³-hybridized carbons (Fsp3) is 0.200. The normalized spacial score (nSPS) is 12.1. The minimum absolute atomic E-state index is 0.0226. The van der Waals surface area contributed by atoms with Crippen LogP contribution in [0.2, 0.25) is 0 Å². The van der Waals surface area contributed by atoms with Crippen LogP contribution in [0.5, 0.6) is 5.75 Å². The van der Waals surface area contributed by atoms with Gasteiger partial charge in [-0.3, -0.25) is 9.59 Å². The number of aliphatic carboxylic acids is 1. The van der Waals surface area contributed by atoms with Gasteiger partial charge in [-0.25, -0.2) is 0 Å². The SMILES string of the molecule is O=C(O)C(CCl)C(=O)c1ccccc1O. The van der Waals surface area contributed by atoms with E-state index < -0.39 is 17.7 Å². The third kappa shape index (κ3) is 2.47. The Morgan fingerprint density at radius 2 is 1.93 bits per heavy atom. The number of phenolic OH excluding ortho intramolecular Hbond substituents is 1. The standard InChI is InChI=1S/C10H9ClO4/c11-5-7(10(14)15)9(13)6-3-1-2-4-8(6)12/h1-4,7,12H,5H2,(H,14,15). The number of carbonyl (C=O) groups is 2. The van der Waals surface area contributed by atoms with Crippen molar-refractivity contribution in [1.82, 2.24) is 0 Å². The van der Waals surface area contributed by atoms with E-state index in [1.807, 2.05) is 0 Å². The summed E-state index contributed by atoms with van der Waals surface area (Å²) in [5.74, 6) is -3.85. The van der Waals surface area contributed by atoms with Gasteiger partial charge in [0.25, 0.3) is 0 Å². The van der Waals surface area contributed by atoms with E-state index in [4.69, 9.17) is 16.7 Å². The largest absolute Gasteiger partial charge is 0.507 e. The molecule has 4 nitrogen and oxygen atoms in total. The monoisotopic (exact) mass is 228 g/mol. The highest BCUT2D eigenvalue weighted by Gasteiger charge is 2.27. The van der Waals surface area contributed by atoms with Crippen LogP contribution in [0.3, 0.4) is 0 Å². The second-order valence-corrected chi connectivity index (χ2v) is 3.24. The average molecular weight is 229 g/mol. The second kappa shape index (κ2) is 4.79. The summed E-state index contributed by atoms with van der Waals surface area (Å²) >= 11 is 5.38. The number of phenols is 1. The Balaban J connectivity index is 3.03. The van der Waals surface area contributed by atoms with E-state index in [1.54, 1.807) is 12.1 Å². The summed E-state index contributed by atoms with van der Waals surface area (Å²) in [6.07, 6.45) is 0. The summed E-state index contributed by atoms with van der Waals surface area (Å²) in [6.45, 7) is 0. The number of benzene rings is 1. The summed E-state index contributed by atoms with van der Waals surface area (Å²) in [6, 6.07) is 5.77. The quantitative estimate of drug-likeness (QED) is 0.465. The van der Waals surface area contributed by atoms with Gasteiger partial charge in [0.1, 0.15) is 11.7 Å². The lowest BCUT2D eigenvalue weighted by Crippen LogP contribution is -2.25. The fourth-order valence-corrected chi connectivity index (χ4v) is 1.39. The van der Waals surface area contributed by atoms with Crippen molar-refractivity contribution in [2.75, 3.05) is 5.88 Å². The maximum absolute atomic E-state index is 11.6. The van der Waals surface area contributed by atoms with E-state index in [9.17, 15) is 14.7 Å². The zero-order valence-electron chi connectivity index (χ0n) is 7.68. The molecule has 0 spiro atoms. The van der Waals surface area contributed by atoms with Gasteiger partial charge in [-0.05, 0) is 12.1 Å². The molecule has 0 aromatic heterocycles. The van der Waals surface area contributed by atoms with Gasteiger partial charge >= 0.3 is 5.97 Å². The number of carboxylic acid groups (broad SMARTS) is 1. The van der Waals surface area contributed by atoms with Crippen LogP contribution < -0.4 is 0 Å². The first-order valence-corrected chi connectivity index (χ1v) is 4.72. The lowest BCUT2D eigenvalue weighted by molar-refractivity contribution is -0.139. The van der Waals surface area contributed by atoms with E-state index in [2.05, 4.69) is 0 Å². The Kier molecular flexibility index (Phi) is 3.68. The molecule has 1 rings (SSSR count). The molecule has 1 unspecified atom stereocenters. The Bertz CT molecular complexity index is 389. The highest BCUT2D eigenvalue weighted by Crippen LogP contribution is 2.20. The van der Waals surface area contributed by atoms with Gasteiger partial charge in [0.05, 0.1) is 5.56 Å². The molecule has 1 atom stereocenters. The number of carboxylic acids is 1. The van der Waals surface area contributed by atoms with Crippen molar-refractivity contribution in [2.24, 2.45) is 5.92 Å². The van der Waals surface area contributed by atoms with Crippen LogP contribution >= 0.6 is 11.6 Å². The van der Waals surface area contributed by atoms with Crippen molar-refractivity contribution in [1.29, 1.82) is 0 Å². The van der Waals surface area contributed by atoms with Gasteiger partial charge in [-0.2, -0.15) is 0 Å². The lowest BCUT2D eigenvalue weighted by Gasteiger charge is -2.08. The van der Waals surface area contributed by atoms with Crippen LogP contribution in [0.1, 0.15) is 10.4 Å². The van der Waals surface area contributed by atoms with Crippen molar-refractivity contribution < 1.29 is 19.8 Å². The number of Topliss-reactive ketones (excluding diaryl/α,β-unsaturated/α-hetero) is 1. The molecule has 80 valence electrons. The predicted octanol–water partition coefficient (Wildman–Crippen LogP) is 1.51. The number of aromatic hydroxyl groups is 1. The van der Waals surface area contributed by atoms with Gasteiger partial charge in [0, 0.05) is 5.88 Å². The van der Waals surface area contributed by atoms with Gasteiger partial charge < -0.3 is 10.2 Å². The minimum atomic E-state index is -1.32. The van der Waals surface area contributed by atoms with E-state index in [-0.39, 0.29) is 17.2 Å². The molecule has 0 bridgehead atoms. The molecule has 0 heterocycles. The maximum Gasteiger partial charge on any atom is 0.315 e. The van der Waals surface area contributed by atoms with Crippen LogP contribution in [0.25, 0.3) is 0 Å². The molecule has 1 aromatic rings. The summed E-state index contributed by atoms with van der Waals surface area (Å²) in [5, 5.41) is 18.1. The molecule has 1 aromatic carbocycles. The summed E-state index contributed by atoms with van der Waals surface area (Å²) in [7, 11) is 0. The molecular weight excluding hydrogens is 220 g/mol. The first-order valence-electron chi connectivity index (χ1n) is 4.19. The first kappa shape index (κ1) is 11.5. The molecule has 2 N–H and O–H groups in total. The fourth-order valence-electron chi connectivity index (χ4n) is 1.12. The third-order valence-corrected chi connectivity index (χ3v) is 2.25. The summed E-state index contributed by atoms with van der Waals surface area (Å²) in [5.41, 5.74) is -0.0226. The molecule has 0 fully saturated rings. The predicted molar refractivity (Wildman–Crippen MR) is 54.3 cm³/mol. The molecule has 0 aliphatic rings. The highest BCUT2D eigenvalue weighted by molar-refractivity contribution is 6.23. The minimum Gasteiger partial charge on any atom is -0.507 e. The number of hydrogen-bond acceptors (Lipinski definition) is 3. The third-order valence-electron chi connectivity index (χ3n) is 1.94. The zero-order valence-corrected chi connectivity index (χ0v) is 8.44. The number of halogens is 1. The number of carbonyl (C=O) groups excluding carboxylic acids is 1. The molecular formula is C10H9ClO4. The average Bonchev–Trinajstić information content (AvgIpc) is 2.18. The zero-order chi connectivity index (χ0) is 11.4. The van der Waals surface area contributed by atoms with Crippen LogP contribution in [-0.2, 0) is 4.79 Å². The van der Waals surface area contributed by atoms with Crippen LogP contribution in [0, 0.1) is 5.92 Å². The molecule has 0 aliphatic heterocycles. The van der Waals surface area contributed by atoms with E-state index in [0.29, 0.717) is 0 Å². The molecule has 0 saturated heterocycles. The van der Waals surface area contributed by atoms with Crippen molar-refractivity contribution in [3.05, 3.63) is 29.8 Å². The molecule has 15 heavy (non-hydrogen) atoms. The first-order chi connectivity index (χ1) is 7.07. The lowest BCUT2D eigenvalue weighted by atomic mass is 9.99. The molecule has 0 saturated carbocycles. The second-order valence-electron chi connectivity index (χ2n) is 2.93. The topological polar surface area (TPSA) is 74.6 Å². The van der Waals surface area contributed by atoms with E-state index >= 15 is 0 Å². The van der Waals surface area contributed by atoms with Gasteiger partial charge in [0.15, 0.2) is 5.78 Å². The van der Waals surface area contributed by atoms with Gasteiger partial charge in [-0.15, -0.1) is 11.6 Å². The van der Waals surface area contributed by atoms with Crippen molar-refractivity contribution in [3.8, 4) is 5.75 Å². The Hall–Kier alpha value is -1.55. The molecule has 0 radical (unpaired) electrons. The van der Waals surface area contributed by atoms with E-state index in [1.165, 1.54) is 12.1 Å². The van der Waals surface area contributed by atoms with Crippen molar-refractivity contribution >= 4 is 23.4 Å². The molecule has 0 aliphatic carbocycles. The van der Waals surface area contributed by atoms with Crippen LogP contribution in [0.4, 0.5) is 0 Å². The van der Waals surface area contributed by atoms with Crippen LogP contribution in [0.15, 0.2) is 24.3 Å². The number of para-hydroxylation sites is 1. The smallest absolute Gasteiger partial charge is 0.315 e. The Morgan fingerprint density at radius 1 is 1.33 bits per heavy atom. The van der Waals surface area contributed by atoms with Gasteiger partial charge in [0.2, 0.25) is 0 Å². The number of rotatable bonds is 4. The summed E-state index contributed by atoms with van der Waals surface area (Å²) < 4.78 is 0. The van der Waals surface area contributed by atoms with Gasteiger partial charge in [-0.1, -0.05) is 12.1 Å². The van der Waals surface area contributed by atoms with E-state index in [0.717, 1.165) is 0 Å². The van der Waals surface area contributed by atoms with Crippen LogP contribution in [-0.4, -0.2) is 27.8 Å². The number of alkyl halides is 1. The highest BCUT2D eigenvalue weighted by atomic mass is 35.5. The van der Waals surface area contributed by atoms with Crippen molar-refractivity contribution in [3.63, 3.8) is 0 Å². The van der Waals surface area contributed by atoms with Crippen molar-refractivity contribution in [2.45, 2.75) is 0 Å². The number of hydrogen-bond donors (Lipinski definition) is 2. The molecule has 5 heteroatoms. The maximum atomic E-state index is 11.6. The summed E-state index contributed by atoms with van der Waals surface area (Å²) in [4.78, 5) is 22.3. The molecule has 0 amide bonds. The Labute approximate surface area is 91.1 Å². The Morgan fingerprint density at radius 3 is 2.40 bits per heavy atom.